The smallest absolute Gasteiger partial charge is 0.233 e. The van der Waals surface area contributed by atoms with E-state index in [-0.39, 0.29) is 5.92 Å². The predicted octanol–water partition coefficient (Wildman–Crippen LogP) is 3.17. The zero-order chi connectivity index (χ0) is 11.7. The van der Waals surface area contributed by atoms with Crippen LogP contribution in [0.5, 0.6) is 0 Å². The Kier molecular flexibility index (Phi) is 3.43. The molecule has 0 aliphatic carbocycles. The fraction of sp³-hybridized carbons (Fsp3) is 0.615. The molecule has 0 aromatic rings. The lowest BCUT2D eigenvalue weighted by Gasteiger charge is -2.49. The average molecular weight is 237 g/mol. The van der Waals surface area contributed by atoms with Crippen LogP contribution in [0.1, 0.15) is 33.6 Å². The summed E-state index contributed by atoms with van der Waals surface area (Å²) in [5, 5.41) is 0.404. The van der Waals surface area contributed by atoms with Crippen LogP contribution >= 0.6 is 11.8 Å². The lowest BCUT2D eigenvalue weighted by Crippen LogP contribution is -2.58. The van der Waals surface area contributed by atoms with Crippen molar-refractivity contribution in [2.45, 2.75) is 39.0 Å². The zero-order valence-corrected chi connectivity index (χ0v) is 11.0. The molecule has 0 aromatic carbocycles. The standard InChI is InChI=1S/C13H19NOS/c1-4-6-7-10-8-16-13-9(3)12(15)14(13)11(10)5-2/h6-7,9,13H,4-5,8H2,1-3H3/b7-6+. The number of hydrogen-bond donors (Lipinski definition) is 0. The minimum Gasteiger partial charge on any atom is -0.302 e. The Balaban J connectivity index is 2.26. The molecule has 1 fully saturated rings. The number of fused-ring (bicyclic) bond motifs is 1. The Bertz CT molecular complexity index is 359. The molecule has 2 heterocycles. The van der Waals surface area contributed by atoms with Crippen LogP contribution in [0.4, 0.5) is 0 Å². The van der Waals surface area contributed by atoms with Crippen molar-refractivity contribution < 1.29 is 4.79 Å². The van der Waals surface area contributed by atoms with Gasteiger partial charge in [0.15, 0.2) is 0 Å². The number of thioether (sulfide) groups is 1. The van der Waals surface area contributed by atoms with E-state index in [1.165, 1.54) is 11.3 Å². The summed E-state index contributed by atoms with van der Waals surface area (Å²) >= 11 is 1.90. The first-order chi connectivity index (χ1) is 7.70. The molecule has 0 spiro atoms. The SMILES string of the molecule is CC/C=C/C1=C(CC)N2C(=O)C(C)C2SC1. The molecule has 0 radical (unpaired) electrons. The van der Waals surface area contributed by atoms with Crippen LogP contribution in [0.2, 0.25) is 0 Å². The molecule has 1 saturated heterocycles. The molecule has 2 unspecified atom stereocenters. The van der Waals surface area contributed by atoms with Crippen LogP contribution in [0.25, 0.3) is 0 Å². The summed E-state index contributed by atoms with van der Waals surface area (Å²) in [7, 11) is 0. The first-order valence-electron chi connectivity index (χ1n) is 6.03. The number of amides is 1. The van der Waals surface area contributed by atoms with Gasteiger partial charge in [0.2, 0.25) is 5.91 Å². The number of rotatable bonds is 3. The van der Waals surface area contributed by atoms with Crippen LogP contribution in [-0.4, -0.2) is 21.9 Å². The van der Waals surface area contributed by atoms with E-state index in [1.807, 2.05) is 23.6 Å². The number of hydrogen-bond acceptors (Lipinski definition) is 2. The lowest BCUT2D eigenvalue weighted by atomic mass is 9.96. The molecule has 88 valence electrons. The molecule has 2 aliphatic heterocycles. The average Bonchev–Trinajstić information content (AvgIpc) is 2.33. The molecule has 3 heteroatoms. The Labute approximate surface area is 102 Å². The highest BCUT2D eigenvalue weighted by molar-refractivity contribution is 8.00. The third-order valence-corrected chi connectivity index (χ3v) is 4.71. The molecule has 0 aromatic heterocycles. The van der Waals surface area contributed by atoms with Crippen molar-refractivity contribution in [1.29, 1.82) is 0 Å². The number of nitrogens with zero attached hydrogens (tertiary/aromatic N) is 1. The monoisotopic (exact) mass is 237 g/mol. The molecular weight excluding hydrogens is 218 g/mol. The first kappa shape index (κ1) is 11.8. The van der Waals surface area contributed by atoms with Crippen molar-refractivity contribution in [3.8, 4) is 0 Å². The molecule has 2 aliphatic rings. The Morgan fingerprint density at radius 3 is 2.88 bits per heavy atom. The van der Waals surface area contributed by atoms with Gasteiger partial charge in [-0.2, -0.15) is 0 Å². The number of carbonyl (C=O) groups excluding carboxylic acids is 1. The highest BCUT2D eigenvalue weighted by Gasteiger charge is 2.48. The normalized spacial score (nSPS) is 29.7. The molecule has 0 N–H and O–H groups in total. The van der Waals surface area contributed by atoms with Crippen LogP contribution in [-0.2, 0) is 4.79 Å². The van der Waals surface area contributed by atoms with E-state index in [1.54, 1.807) is 0 Å². The van der Waals surface area contributed by atoms with Crippen molar-refractivity contribution in [2.75, 3.05) is 5.75 Å². The number of allylic oxidation sites excluding steroid dienone is 3. The fourth-order valence-electron chi connectivity index (χ4n) is 2.33. The van der Waals surface area contributed by atoms with Gasteiger partial charge in [-0.3, -0.25) is 4.79 Å². The van der Waals surface area contributed by atoms with E-state index in [2.05, 4.69) is 26.0 Å². The van der Waals surface area contributed by atoms with E-state index in [0.29, 0.717) is 11.3 Å². The summed E-state index contributed by atoms with van der Waals surface area (Å²) < 4.78 is 0. The summed E-state index contributed by atoms with van der Waals surface area (Å²) in [6.45, 7) is 6.31. The van der Waals surface area contributed by atoms with Crippen molar-refractivity contribution in [3.05, 3.63) is 23.4 Å². The van der Waals surface area contributed by atoms with Gasteiger partial charge in [-0.25, -0.2) is 0 Å². The van der Waals surface area contributed by atoms with E-state index < -0.39 is 0 Å². The van der Waals surface area contributed by atoms with Crippen LogP contribution in [0.15, 0.2) is 23.4 Å². The van der Waals surface area contributed by atoms with Gasteiger partial charge in [0, 0.05) is 11.4 Å². The van der Waals surface area contributed by atoms with E-state index in [0.717, 1.165) is 18.6 Å². The second-order valence-corrected chi connectivity index (χ2v) is 5.44. The van der Waals surface area contributed by atoms with Crippen LogP contribution in [0, 0.1) is 5.92 Å². The van der Waals surface area contributed by atoms with Gasteiger partial charge in [0.25, 0.3) is 0 Å². The minimum absolute atomic E-state index is 0.211. The molecule has 0 saturated carbocycles. The van der Waals surface area contributed by atoms with Gasteiger partial charge < -0.3 is 4.90 Å². The summed E-state index contributed by atoms with van der Waals surface area (Å²) in [6.07, 6.45) is 6.38. The predicted molar refractivity (Wildman–Crippen MR) is 69.0 cm³/mol. The third-order valence-electron chi connectivity index (χ3n) is 3.27. The Morgan fingerprint density at radius 2 is 2.25 bits per heavy atom. The second-order valence-electron chi connectivity index (χ2n) is 4.33. The van der Waals surface area contributed by atoms with Gasteiger partial charge in [-0.15, -0.1) is 11.8 Å². The maximum atomic E-state index is 11.8. The third kappa shape index (κ3) is 1.71. The van der Waals surface area contributed by atoms with Gasteiger partial charge >= 0.3 is 0 Å². The molecule has 1 amide bonds. The highest BCUT2D eigenvalue weighted by atomic mass is 32.2. The molecule has 2 rings (SSSR count). The maximum absolute atomic E-state index is 11.8. The summed E-state index contributed by atoms with van der Waals surface area (Å²) in [5.41, 5.74) is 2.59. The summed E-state index contributed by atoms with van der Waals surface area (Å²) in [4.78, 5) is 13.8. The first-order valence-corrected chi connectivity index (χ1v) is 7.08. The van der Waals surface area contributed by atoms with E-state index >= 15 is 0 Å². The van der Waals surface area contributed by atoms with Crippen molar-refractivity contribution in [2.24, 2.45) is 5.92 Å². The zero-order valence-electron chi connectivity index (χ0n) is 10.2. The fourth-order valence-corrected chi connectivity index (χ4v) is 3.73. The Morgan fingerprint density at radius 1 is 1.50 bits per heavy atom. The molecule has 2 nitrogen and oxygen atoms in total. The quantitative estimate of drug-likeness (QED) is 0.703. The molecule has 0 bridgehead atoms. The van der Waals surface area contributed by atoms with Gasteiger partial charge in [0.05, 0.1) is 11.3 Å². The van der Waals surface area contributed by atoms with Crippen molar-refractivity contribution >= 4 is 17.7 Å². The topological polar surface area (TPSA) is 20.3 Å². The van der Waals surface area contributed by atoms with Crippen LogP contribution < -0.4 is 0 Å². The lowest BCUT2D eigenvalue weighted by molar-refractivity contribution is -0.146. The Hall–Kier alpha value is -0.700. The van der Waals surface area contributed by atoms with Crippen molar-refractivity contribution in [1.82, 2.24) is 4.90 Å². The second kappa shape index (κ2) is 4.66. The van der Waals surface area contributed by atoms with E-state index in [4.69, 9.17) is 0 Å². The van der Waals surface area contributed by atoms with Gasteiger partial charge in [-0.1, -0.05) is 32.9 Å². The summed E-state index contributed by atoms with van der Waals surface area (Å²) in [5.74, 6) is 1.57. The number of carbonyl (C=O) groups is 1. The maximum Gasteiger partial charge on any atom is 0.233 e. The van der Waals surface area contributed by atoms with Gasteiger partial charge in [0.1, 0.15) is 0 Å². The molecule has 16 heavy (non-hydrogen) atoms. The van der Waals surface area contributed by atoms with Crippen LogP contribution in [0.3, 0.4) is 0 Å². The largest absolute Gasteiger partial charge is 0.302 e. The molecule has 2 atom stereocenters. The minimum atomic E-state index is 0.211. The number of β-lactam (4-membered cyclic amide) rings is 1. The highest BCUT2D eigenvalue weighted by Crippen LogP contribution is 2.44. The van der Waals surface area contributed by atoms with Crippen molar-refractivity contribution in [3.63, 3.8) is 0 Å². The van der Waals surface area contributed by atoms with E-state index in [9.17, 15) is 4.79 Å². The summed E-state index contributed by atoms with van der Waals surface area (Å²) in [6, 6.07) is 0. The van der Waals surface area contributed by atoms with Gasteiger partial charge in [-0.05, 0) is 18.4 Å². The molecular formula is C13H19NOS.